The van der Waals surface area contributed by atoms with Crippen molar-refractivity contribution in [2.75, 3.05) is 19.6 Å². The zero-order chi connectivity index (χ0) is 17.4. The summed E-state index contributed by atoms with van der Waals surface area (Å²) in [5.74, 6) is -0.160. The minimum absolute atomic E-state index is 0.0812. The van der Waals surface area contributed by atoms with Gasteiger partial charge in [-0.05, 0) is 32.3 Å². The number of hydrogen-bond donors (Lipinski definition) is 1. The number of nitrogens with zero attached hydrogens (tertiary/aromatic N) is 3. The lowest BCUT2D eigenvalue weighted by Gasteiger charge is -2.33. The van der Waals surface area contributed by atoms with Crippen LogP contribution in [0.15, 0.2) is 23.3 Å². The number of hydrazine groups is 1. The summed E-state index contributed by atoms with van der Waals surface area (Å²) in [7, 11) is 0. The Morgan fingerprint density at radius 2 is 2.08 bits per heavy atom. The highest BCUT2D eigenvalue weighted by Gasteiger charge is 2.60. The lowest BCUT2D eigenvalue weighted by atomic mass is 10.0. The van der Waals surface area contributed by atoms with Gasteiger partial charge in [-0.25, -0.2) is 10.4 Å². The van der Waals surface area contributed by atoms with Gasteiger partial charge in [0.1, 0.15) is 11.6 Å². The maximum Gasteiger partial charge on any atom is 0.418 e. The van der Waals surface area contributed by atoms with E-state index in [0.29, 0.717) is 18.8 Å². The van der Waals surface area contributed by atoms with Crippen molar-refractivity contribution in [2.45, 2.75) is 37.9 Å². The Hall–Kier alpha value is -1.61. The Labute approximate surface area is 142 Å². The van der Waals surface area contributed by atoms with Crippen molar-refractivity contribution in [1.29, 1.82) is 0 Å². The zero-order valence-electron chi connectivity index (χ0n) is 13.3. The highest BCUT2D eigenvalue weighted by molar-refractivity contribution is 7.09. The minimum Gasteiger partial charge on any atom is -0.341 e. The van der Waals surface area contributed by atoms with E-state index in [1.54, 1.807) is 11.8 Å². The van der Waals surface area contributed by atoms with Crippen LogP contribution in [0.2, 0.25) is 0 Å². The van der Waals surface area contributed by atoms with Gasteiger partial charge in [-0.3, -0.25) is 4.79 Å². The molecule has 24 heavy (non-hydrogen) atoms. The third-order valence-electron chi connectivity index (χ3n) is 4.38. The number of piperidine rings is 1. The van der Waals surface area contributed by atoms with E-state index >= 15 is 0 Å². The van der Waals surface area contributed by atoms with Crippen molar-refractivity contribution < 1.29 is 18.0 Å². The molecule has 1 aromatic rings. The van der Waals surface area contributed by atoms with Crippen LogP contribution in [0, 0.1) is 0 Å². The molecule has 0 spiro atoms. The van der Waals surface area contributed by atoms with E-state index < -0.39 is 11.7 Å². The number of carbonyl (C=O) groups excluding carboxylic acids is 1. The van der Waals surface area contributed by atoms with Gasteiger partial charge < -0.3 is 9.91 Å². The molecule has 1 unspecified atom stereocenters. The predicted octanol–water partition coefficient (Wildman–Crippen LogP) is 2.64. The fourth-order valence-corrected chi connectivity index (χ4v) is 3.84. The highest BCUT2D eigenvalue weighted by Crippen LogP contribution is 2.45. The Morgan fingerprint density at radius 1 is 1.38 bits per heavy atom. The molecule has 1 amide bonds. The van der Waals surface area contributed by atoms with Crippen LogP contribution in [0.1, 0.15) is 31.2 Å². The number of halogens is 3. The summed E-state index contributed by atoms with van der Waals surface area (Å²) in [6, 6.07) is 0. The molecule has 1 fully saturated rings. The molecular formula is C15H19F3N4OS. The molecule has 1 aromatic heterocycles. The molecule has 2 aliphatic heterocycles. The van der Waals surface area contributed by atoms with E-state index in [4.69, 9.17) is 0 Å². The van der Waals surface area contributed by atoms with Crippen molar-refractivity contribution in [3.63, 3.8) is 0 Å². The average Bonchev–Trinajstić information content (AvgIpc) is 3.17. The van der Waals surface area contributed by atoms with Crippen LogP contribution in [0.4, 0.5) is 13.2 Å². The topological polar surface area (TPSA) is 48.5 Å². The second kappa shape index (κ2) is 6.36. The highest BCUT2D eigenvalue weighted by atomic mass is 32.1. The minimum atomic E-state index is -4.56. The number of thiazole rings is 1. The standard InChI is InChI=1S/C15H19F3N4OS/c1-11-9-14(15(16,17)18,13-19-5-8-24-13)20-22(11)10-12(23)21-6-3-2-4-7-21/h5,8-9,20H,2-4,6-7,10H2,1H3. The van der Waals surface area contributed by atoms with Gasteiger partial charge in [0.15, 0.2) is 0 Å². The first-order chi connectivity index (χ1) is 11.3. The summed E-state index contributed by atoms with van der Waals surface area (Å²) in [6.45, 7) is 2.79. The van der Waals surface area contributed by atoms with Gasteiger partial charge in [0.2, 0.25) is 11.4 Å². The Bertz CT molecular complexity index is 625. The number of rotatable bonds is 3. The molecule has 0 aromatic carbocycles. The third-order valence-corrected chi connectivity index (χ3v) is 5.29. The quantitative estimate of drug-likeness (QED) is 0.900. The lowest BCUT2D eigenvalue weighted by molar-refractivity contribution is -0.192. The summed E-state index contributed by atoms with van der Waals surface area (Å²) in [6.07, 6.45) is 0.870. The fraction of sp³-hybridized carbons (Fsp3) is 0.600. The van der Waals surface area contributed by atoms with Crippen LogP contribution < -0.4 is 5.43 Å². The third kappa shape index (κ3) is 3.02. The first kappa shape index (κ1) is 17.2. The van der Waals surface area contributed by atoms with E-state index in [0.717, 1.165) is 36.7 Å². The van der Waals surface area contributed by atoms with Crippen LogP contribution in [0.5, 0.6) is 0 Å². The average molecular weight is 360 g/mol. The molecule has 1 saturated heterocycles. The number of amides is 1. The molecule has 3 heterocycles. The van der Waals surface area contributed by atoms with E-state index in [9.17, 15) is 18.0 Å². The van der Waals surface area contributed by atoms with Crippen LogP contribution >= 0.6 is 11.3 Å². The Kier molecular flexibility index (Phi) is 4.56. The number of alkyl halides is 3. The van der Waals surface area contributed by atoms with Crippen LogP contribution in [0.3, 0.4) is 0 Å². The number of carbonyl (C=O) groups is 1. The molecule has 1 N–H and O–H groups in total. The van der Waals surface area contributed by atoms with E-state index in [2.05, 4.69) is 10.4 Å². The second-order valence-electron chi connectivity index (χ2n) is 6.07. The first-order valence-electron chi connectivity index (χ1n) is 7.83. The van der Waals surface area contributed by atoms with Gasteiger partial charge in [-0.1, -0.05) is 0 Å². The van der Waals surface area contributed by atoms with Gasteiger partial charge in [-0.2, -0.15) is 13.2 Å². The van der Waals surface area contributed by atoms with Gasteiger partial charge in [0.05, 0.1) is 0 Å². The smallest absolute Gasteiger partial charge is 0.341 e. The van der Waals surface area contributed by atoms with Gasteiger partial charge in [-0.15, -0.1) is 11.3 Å². The molecule has 0 bridgehead atoms. The molecule has 9 heteroatoms. The van der Waals surface area contributed by atoms with Crippen molar-refractivity contribution in [3.05, 3.63) is 28.4 Å². The largest absolute Gasteiger partial charge is 0.418 e. The molecule has 2 aliphatic rings. The summed E-state index contributed by atoms with van der Waals surface area (Å²) in [4.78, 5) is 17.9. The number of likely N-dealkylation sites (tertiary alicyclic amines) is 1. The predicted molar refractivity (Wildman–Crippen MR) is 83.9 cm³/mol. The van der Waals surface area contributed by atoms with Gasteiger partial charge in [0.25, 0.3) is 0 Å². The second-order valence-corrected chi connectivity index (χ2v) is 6.96. The Balaban J connectivity index is 1.78. The molecule has 0 saturated carbocycles. The molecule has 5 nitrogen and oxygen atoms in total. The monoisotopic (exact) mass is 360 g/mol. The van der Waals surface area contributed by atoms with Crippen LogP contribution in [-0.2, 0) is 10.3 Å². The first-order valence-corrected chi connectivity index (χ1v) is 8.71. The van der Waals surface area contributed by atoms with Crippen molar-refractivity contribution in [1.82, 2.24) is 20.3 Å². The summed E-state index contributed by atoms with van der Waals surface area (Å²) >= 11 is 0.937. The summed E-state index contributed by atoms with van der Waals surface area (Å²) < 4.78 is 41.3. The zero-order valence-corrected chi connectivity index (χ0v) is 14.1. The summed E-state index contributed by atoms with van der Waals surface area (Å²) in [5, 5.41) is 2.71. The number of hydrogen-bond acceptors (Lipinski definition) is 5. The Morgan fingerprint density at radius 3 is 2.67 bits per heavy atom. The number of nitrogens with one attached hydrogen (secondary N) is 1. The molecule has 0 aliphatic carbocycles. The SMILES string of the molecule is CC1=CC(c2nccs2)(C(F)(F)F)NN1CC(=O)N1CCCCC1. The molecular weight excluding hydrogens is 341 g/mol. The molecule has 1 atom stereocenters. The molecule has 0 radical (unpaired) electrons. The number of aromatic nitrogens is 1. The van der Waals surface area contributed by atoms with E-state index in [1.165, 1.54) is 16.6 Å². The normalized spacial score (nSPS) is 25.1. The van der Waals surface area contributed by atoms with Crippen molar-refractivity contribution in [2.24, 2.45) is 0 Å². The maximum absolute atomic E-state index is 13.8. The summed E-state index contributed by atoms with van der Waals surface area (Å²) in [5.41, 5.74) is 0.484. The molecule has 132 valence electrons. The fourth-order valence-electron chi connectivity index (χ4n) is 3.06. The van der Waals surface area contributed by atoms with Gasteiger partial charge >= 0.3 is 6.18 Å². The van der Waals surface area contributed by atoms with Crippen LogP contribution in [0.25, 0.3) is 0 Å². The van der Waals surface area contributed by atoms with E-state index in [1.807, 2.05) is 0 Å². The van der Waals surface area contributed by atoms with Crippen molar-refractivity contribution in [3.8, 4) is 0 Å². The lowest BCUT2D eigenvalue weighted by Crippen LogP contribution is -2.56. The number of allylic oxidation sites excluding steroid dienone is 1. The van der Waals surface area contributed by atoms with E-state index in [-0.39, 0.29) is 17.5 Å². The van der Waals surface area contributed by atoms with Crippen LogP contribution in [-0.4, -0.2) is 46.6 Å². The molecule has 3 rings (SSSR count). The van der Waals surface area contributed by atoms with Crippen molar-refractivity contribution >= 4 is 17.2 Å². The van der Waals surface area contributed by atoms with Gasteiger partial charge in [0, 0.05) is 30.4 Å². The maximum atomic E-state index is 13.8.